The fourth-order valence-corrected chi connectivity index (χ4v) is 2.86. The Balaban J connectivity index is 1.77. The van der Waals surface area contributed by atoms with Gasteiger partial charge in [-0.3, -0.25) is 4.79 Å². The zero-order valence-corrected chi connectivity index (χ0v) is 14.8. The number of hydrogen-bond acceptors (Lipinski definition) is 4. The third-order valence-corrected chi connectivity index (χ3v) is 4.32. The van der Waals surface area contributed by atoms with Gasteiger partial charge in [0, 0.05) is 10.9 Å². The van der Waals surface area contributed by atoms with Crippen LogP contribution in [0.25, 0.3) is 0 Å². The van der Waals surface area contributed by atoms with E-state index in [1.807, 2.05) is 25.1 Å². The summed E-state index contributed by atoms with van der Waals surface area (Å²) in [5.41, 5.74) is 1.13. The number of carbonyl (C=O) groups is 1. The Hall–Kier alpha value is -2.21. The number of fused-ring (bicyclic) bond motifs is 1. The number of benzene rings is 2. The van der Waals surface area contributed by atoms with Crippen LogP contribution >= 0.6 is 15.9 Å². The number of ether oxygens (including phenoxy) is 2. The summed E-state index contributed by atoms with van der Waals surface area (Å²) in [5.74, 6) is 1.02. The minimum atomic E-state index is -0.339. The molecule has 24 heavy (non-hydrogen) atoms. The van der Waals surface area contributed by atoms with Gasteiger partial charge in [0.1, 0.15) is 5.75 Å². The van der Waals surface area contributed by atoms with Crippen LogP contribution in [0.2, 0.25) is 0 Å². The summed E-state index contributed by atoms with van der Waals surface area (Å²) < 4.78 is 12.0. The SMILES string of the molecule is CC(NC(=O)c1cc(Br)ccc1O)c1ccc2c(c1)OCCCO2. The highest BCUT2D eigenvalue weighted by Crippen LogP contribution is 2.32. The average molecular weight is 392 g/mol. The van der Waals surface area contributed by atoms with Crippen molar-refractivity contribution in [2.24, 2.45) is 0 Å². The standard InChI is InChI=1S/C18H18BrNO4/c1-11(20-18(22)14-10-13(19)4-5-15(14)21)12-3-6-16-17(9-12)24-8-2-7-23-16/h3-6,9-11,21H,2,7-8H2,1H3,(H,20,22). The van der Waals surface area contributed by atoms with E-state index in [0.29, 0.717) is 19.0 Å². The van der Waals surface area contributed by atoms with Gasteiger partial charge in [-0.15, -0.1) is 0 Å². The van der Waals surface area contributed by atoms with Crippen LogP contribution in [0.1, 0.15) is 35.3 Å². The largest absolute Gasteiger partial charge is 0.507 e. The molecule has 0 bridgehead atoms. The van der Waals surface area contributed by atoms with Crippen molar-refractivity contribution in [3.05, 3.63) is 52.0 Å². The first-order valence-corrected chi connectivity index (χ1v) is 8.53. The van der Waals surface area contributed by atoms with E-state index < -0.39 is 0 Å². The van der Waals surface area contributed by atoms with Gasteiger partial charge in [-0.1, -0.05) is 22.0 Å². The second kappa shape index (κ2) is 7.13. The van der Waals surface area contributed by atoms with E-state index in [0.717, 1.165) is 22.2 Å². The summed E-state index contributed by atoms with van der Waals surface area (Å²) in [7, 11) is 0. The Morgan fingerprint density at radius 2 is 1.92 bits per heavy atom. The Labute approximate surface area is 148 Å². The van der Waals surface area contributed by atoms with Gasteiger partial charge < -0.3 is 19.9 Å². The van der Waals surface area contributed by atoms with Crippen LogP contribution in [0.4, 0.5) is 0 Å². The van der Waals surface area contributed by atoms with E-state index >= 15 is 0 Å². The van der Waals surface area contributed by atoms with Crippen molar-refractivity contribution in [2.45, 2.75) is 19.4 Å². The van der Waals surface area contributed by atoms with Crippen LogP contribution in [0.5, 0.6) is 17.2 Å². The van der Waals surface area contributed by atoms with Crippen LogP contribution < -0.4 is 14.8 Å². The molecule has 0 radical (unpaired) electrons. The lowest BCUT2D eigenvalue weighted by Gasteiger charge is -2.17. The maximum absolute atomic E-state index is 12.4. The van der Waals surface area contributed by atoms with Crippen LogP contribution in [-0.2, 0) is 0 Å². The van der Waals surface area contributed by atoms with E-state index in [9.17, 15) is 9.90 Å². The molecule has 1 atom stereocenters. The molecule has 126 valence electrons. The Morgan fingerprint density at radius 1 is 1.17 bits per heavy atom. The quantitative estimate of drug-likeness (QED) is 0.834. The first-order chi connectivity index (χ1) is 11.5. The van der Waals surface area contributed by atoms with Crippen molar-refractivity contribution < 1.29 is 19.4 Å². The number of carbonyl (C=O) groups excluding carboxylic acids is 1. The van der Waals surface area contributed by atoms with Crippen molar-refractivity contribution >= 4 is 21.8 Å². The summed E-state index contributed by atoms with van der Waals surface area (Å²) in [5, 5.41) is 12.7. The molecule has 2 N–H and O–H groups in total. The number of halogens is 1. The molecule has 2 aromatic carbocycles. The summed E-state index contributed by atoms with van der Waals surface area (Å²) in [6.07, 6.45) is 0.846. The second-order valence-corrected chi connectivity index (χ2v) is 6.53. The molecule has 0 saturated carbocycles. The number of hydrogen-bond donors (Lipinski definition) is 2. The Bertz CT molecular complexity index is 763. The fraction of sp³-hybridized carbons (Fsp3) is 0.278. The van der Waals surface area contributed by atoms with Gasteiger partial charge >= 0.3 is 0 Å². The second-order valence-electron chi connectivity index (χ2n) is 5.61. The molecule has 0 aromatic heterocycles. The highest BCUT2D eigenvalue weighted by Gasteiger charge is 2.17. The Kier molecular flexibility index (Phi) is 4.94. The van der Waals surface area contributed by atoms with Crippen molar-refractivity contribution in [3.63, 3.8) is 0 Å². The normalized spacial score (nSPS) is 14.6. The van der Waals surface area contributed by atoms with Gasteiger partial charge in [-0.05, 0) is 42.8 Å². The summed E-state index contributed by atoms with van der Waals surface area (Å²) in [6.45, 7) is 3.14. The van der Waals surface area contributed by atoms with Gasteiger partial charge in [0.25, 0.3) is 5.91 Å². The number of aromatic hydroxyl groups is 1. The monoisotopic (exact) mass is 391 g/mol. The zero-order valence-electron chi connectivity index (χ0n) is 13.2. The van der Waals surface area contributed by atoms with Crippen molar-refractivity contribution in [1.82, 2.24) is 5.32 Å². The van der Waals surface area contributed by atoms with Gasteiger partial charge in [0.15, 0.2) is 11.5 Å². The van der Waals surface area contributed by atoms with Gasteiger partial charge in [0.05, 0.1) is 24.8 Å². The van der Waals surface area contributed by atoms with E-state index in [4.69, 9.17) is 9.47 Å². The molecule has 1 amide bonds. The van der Waals surface area contributed by atoms with E-state index in [1.165, 1.54) is 6.07 Å². The molecule has 6 heteroatoms. The lowest BCUT2D eigenvalue weighted by atomic mass is 10.1. The van der Waals surface area contributed by atoms with Crippen molar-refractivity contribution in [2.75, 3.05) is 13.2 Å². The maximum Gasteiger partial charge on any atom is 0.255 e. The lowest BCUT2D eigenvalue weighted by Crippen LogP contribution is -2.26. The molecule has 1 heterocycles. The van der Waals surface area contributed by atoms with E-state index in [2.05, 4.69) is 21.2 Å². The topological polar surface area (TPSA) is 67.8 Å². The molecule has 0 spiro atoms. The first-order valence-electron chi connectivity index (χ1n) is 7.73. The molecule has 3 rings (SSSR count). The van der Waals surface area contributed by atoms with Crippen LogP contribution in [0, 0.1) is 0 Å². The number of rotatable bonds is 3. The molecule has 0 fully saturated rings. The van der Waals surface area contributed by atoms with E-state index in [1.54, 1.807) is 12.1 Å². The third-order valence-electron chi connectivity index (χ3n) is 3.82. The smallest absolute Gasteiger partial charge is 0.255 e. The lowest BCUT2D eigenvalue weighted by molar-refractivity contribution is 0.0937. The molecular formula is C18H18BrNO4. The van der Waals surface area contributed by atoms with Crippen molar-refractivity contribution in [3.8, 4) is 17.2 Å². The van der Waals surface area contributed by atoms with Crippen LogP contribution in [-0.4, -0.2) is 24.2 Å². The molecule has 2 aromatic rings. The summed E-state index contributed by atoms with van der Waals surface area (Å²) in [4.78, 5) is 12.4. The number of amides is 1. The predicted molar refractivity (Wildman–Crippen MR) is 93.7 cm³/mol. The highest BCUT2D eigenvalue weighted by atomic mass is 79.9. The van der Waals surface area contributed by atoms with E-state index in [-0.39, 0.29) is 23.3 Å². The van der Waals surface area contributed by atoms with Crippen molar-refractivity contribution in [1.29, 1.82) is 0 Å². The summed E-state index contributed by atoms with van der Waals surface area (Å²) >= 11 is 3.30. The number of phenols is 1. The third kappa shape index (κ3) is 3.64. The zero-order chi connectivity index (χ0) is 17.1. The van der Waals surface area contributed by atoms with Gasteiger partial charge in [-0.2, -0.15) is 0 Å². The molecule has 1 unspecified atom stereocenters. The minimum Gasteiger partial charge on any atom is -0.507 e. The molecular weight excluding hydrogens is 374 g/mol. The number of phenolic OH excluding ortho intramolecular Hbond substituents is 1. The number of nitrogens with one attached hydrogen (secondary N) is 1. The fourth-order valence-electron chi connectivity index (χ4n) is 2.50. The Morgan fingerprint density at radius 3 is 2.71 bits per heavy atom. The highest BCUT2D eigenvalue weighted by molar-refractivity contribution is 9.10. The predicted octanol–water partition coefficient (Wildman–Crippen LogP) is 3.81. The molecule has 0 aliphatic carbocycles. The van der Waals surface area contributed by atoms with Gasteiger partial charge in [-0.25, -0.2) is 0 Å². The first kappa shape index (κ1) is 16.6. The van der Waals surface area contributed by atoms with Crippen LogP contribution in [0.3, 0.4) is 0 Å². The summed E-state index contributed by atoms with van der Waals surface area (Å²) in [6, 6.07) is 10.1. The molecule has 5 nitrogen and oxygen atoms in total. The minimum absolute atomic E-state index is 0.0541. The molecule has 1 aliphatic rings. The maximum atomic E-state index is 12.4. The average Bonchev–Trinajstić information content (AvgIpc) is 2.81. The van der Waals surface area contributed by atoms with Gasteiger partial charge in [0.2, 0.25) is 0 Å². The molecule has 1 aliphatic heterocycles. The van der Waals surface area contributed by atoms with Crippen LogP contribution in [0.15, 0.2) is 40.9 Å². The molecule has 0 saturated heterocycles.